The van der Waals surface area contributed by atoms with Gasteiger partial charge in [-0.25, -0.2) is 4.79 Å². The number of cyclic esters (lactones) is 1. The molecule has 0 radical (unpaired) electrons. The van der Waals surface area contributed by atoms with Gasteiger partial charge in [-0.3, -0.25) is 9.91 Å². The second-order valence-electron chi connectivity index (χ2n) is 14.9. The molecule has 1 N–H and O–H groups in total. The van der Waals surface area contributed by atoms with Crippen LogP contribution < -0.4 is 4.90 Å². The predicted octanol–water partition coefficient (Wildman–Crippen LogP) is 6.09. The summed E-state index contributed by atoms with van der Waals surface area (Å²) in [6.45, 7) is 17.6. The van der Waals surface area contributed by atoms with E-state index < -0.39 is 43.5 Å². The molecular weight excluding hydrogens is 693 g/mol. The van der Waals surface area contributed by atoms with Crippen LogP contribution in [0.5, 0.6) is 0 Å². The highest BCUT2D eigenvalue weighted by Gasteiger charge is 2.54. The normalized spacial score (nSPS) is 29.2. The minimum Gasteiger partial charge on any atom is -0.447 e. The molecule has 0 aromatic heterocycles. The molecule has 4 aliphatic heterocycles. The van der Waals surface area contributed by atoms with Crippen LogP contribution in [0.1, 0.15) is 70.3 Å². The molecule has 0 saturated carbocycles. The summed E-state index contributed by atoms with van der Waals surface area (Å²) < 4.78 is 30.9. The Morgan fingerprint density at radius 2 is 1.98 bits per heavy atom. The molecule has 0 aliphatic carbocycles. The molecule has 0 spiro atoms. The van der Waals surface area contributed by atoms with Crippen LogP contribution in [-0.2, 0) is 23.7 Å². The number of anilines is 1. The van der Waals surface area contributed by atoms with E-state index in [1.54, 1.807) is 12.0 Å². The number of methoxy groups -OCH3 is 1. The first-order chi connectivity index (χ1) is 20.6. The molecule has 3 fully saturated rings. The number of benzene rings is 1. The van der Waals surface area contributed by atoms with Crippen molar-refractivity contribution >= 4 is 48.2 Å². The Morgan fingerprint density at radius 1 is 1.23 bits per heavy atom. The van der Waals surface area contributed by atoms with Crippen LogP contribution in [0, 0.1) is 9.49 Å². The Morgan fingerprint density at radius 3 is 2.68 bits per heavy atom. The van der Waals surface area contributed by atoms with Crippen LogP contribution >= 0.6 is 22.6 Å². The van der Waals surface area contributed by atoms with Gasteiger partial charge in [0.1, 0.15) is 25.5 Å². The van der Waals surface area contributed by atoms with Crippen molar-refractivity contribution in [2.75, 3.05) is 45.2 Å². The summed E-state index contributed by atoms with van der Waals surface area (Å²) in [5, 5.41) is 19.9. The maximum absolute atomic E-state index is 12.9. The van der Waals surface area contributed by atoms with Crippen molar-refractivity contribution in [3.05, 3.63) is 26.8 Å². The number of amides is 1. The highest BCUT2D eigenvalue weighted by molar-refractivity contribution is 14.1. The number of fused-ring (bicyclic) bond motifs is 3. The summed E-state index contributed by atoms with van der Waals surface area (Å²) in [5.74, 6) is -0.435. The topological polar surface area (TPSA) is 102 Å². The molecular formula is C32H50IN3O7Si. The summed E-state index contributed by atoms with van der Waals surface area (Å²) in [6, 6.07) is 4.80. The number of hydrogen-bond acceptors (Lipinski definition) is 9. The van der Waals surface area contributed by atoms with Gasteiger partial charge < -0.3 is 28.8 Å². The Bertz CT molecular complexity index is 1250. The van der Waals surface area contributed by atoms with Crippen LogP contribution in [0.2, 0.25) is 25.7 Å². The molecule has 12 heteroatoms. The summed E-state index contributed by atoms with van der Waals surface area (Å²) in [7, 11) is 0.476. The molecule has 4 heterocycles. The van der Waals surface area contributed by atoms with Gasteiger partial charge in [0.25, 0.3) is 0 Å². The number of aliphatic hydroxyl groups is 1. The Hall–Kier alpha value is -1.29. The van der Waals surface area contributed by atoms with Gasteiger partial charge in [-0.05, 0) is 81.3 Å². The van der Waals surface area contributed by atoms with Crippen molar-refractivity contribution < 1.29 is 33.6 Å². The fourth-order valence-electron chi connectivity index (χ4n) is 7.35. The van der Waals surface area contributed by atoms with E-state index >= 15 is 0 Å². The molecule has 0 unspecified atom stereocenters. The van der Waals surface area contributed by atoms with Gasteiger partial charge in [0.2, 0.25) is 0 Å². The lowest BCUT2D eigenvalue weighted by Gasteiger charge is -2.49. The summed E-state index contributed by atoms with van der Waals surface area (Å²) >= 11 is 2.29. The minimum atomic E-state index is -1.25. The first kappa shape index (κ1) is 34.1. The monoisotopic (exact) mass is 743 g/mol. The van der Waals surface area contributed by atoms with Crippen molar-refractivity contribution in [2.45, 2.75) is 108 Å². The van der Waals surface area contributed by atoms with Gasteiger partial charge in [0, 0.05) is 55.2 Å². The Balaban J connectivity index is 1.52. The van der Waals surface area contributed by atoms with E-state index in [4.69, 9.17) is 28.8 Å². The first-order valence-electron chi connectivity index (χ1n) is 15.8. The quantitative estimate of drug-likeness (QED) is 0.126. The van der Waals surface area contributed by atoms with Gasteiger partial charge >= 0.3 is 6.09 Å². The largest absolute Gasteiger partial charge is 0.447 e. The molecule has 4 aliphatic rings. The standard InChI is InChI=1S/C32H50IN3O7Si/c1-31(2)16-22(34-35-13-9-10-20(35)17-39-5)27(32(3,4)43-31)28(37)25-21(33)11-12-23-26(25)29(24-18-41-30(38)36(23)24)42-19-40-14-15-44(6,7)8/h11-12,20,24,27-29,37H,9-10,13-19H2,1-8H3/b34-22+/t20-,24-,27+,28+,29-/m0/s1. The van der Waals surface area contributed by atoms with Crippen LogP contribution in [-0.4, -0.2) is 93.5 Å². The van der Waals surface area contributed by atoms with E-state index in [0.717, 1.165) is 45.8 Å². The number of aliphatic hydroxyl groups excluding tert-OH is 1. The molecule has 0 bridgehead atoms. The van der Waals surface area contributed by atoms with Crippen molar-refractivity contribution in [2.24, 2.45) is 11.0 Å². The van der Waals surface area contributed by atoms with Crippen molar-refractivity contribution in [1.82, 2.24) is 5.01 Å². The van der Waals surface area contributed by atoms with Gasteiger partial charge in [0.15, 0.2) is 0 Å². The van der Waals surface area contributed by atoms with E-state index in [1.165, 1.54) is 0 Å². The van der Waals surface area contributed by atoms with Gasteiger partial charge in [-0.1, -0.05) is 19.6 Å². The van der Waals surface area contributed by atoms with Crippen molar-refractivity contribution in [3.63, 3.8) is 0 Å². The number of rotatable bonds is 11. The van der Waals surface area contributed by atoms with Crippen LogP contribution in [0.3, 0.4) is 0 Å². The average molecular weight is 744 g/mol. The smallest absolute Gasteiger partial charge is 0.414 e. The van der Waals surface area contributed by atoms with E-state index in [9.17, 15) is 9.90 Å². The lowest BCUT2D eigenvalue weighted by Crippen LogP contribution is -2.55. The number of halogens is 1. The Kier molecular flexibility index (Phi) is 10.1. The number of ether oxygens (including phenoxy) is 5. The molecule has 10 nitrogen and oxygen atoms in total. The molecule has 3 saturated heterocycles. The Labute approximate surface area is 276 Å². The first-order valence-corrected chi connectivity index (χ1v) is 20.6. The molecule has 246 valence electrons. The third-order valence-electron chi connectivity index (χ3n) is 9.17. The molecule has 44 heavy (non-hydrogen) atoms. The van der Waals surface area contributed by atoms with Crippen LogP contribution in [0.25, 0.3) is 0 Å². The fraction of sp³-hybridized carbons (Fsp3) is 0.750. The summed E-state index contributed by atoms with van der Waals surface area (Å²) in [4.78, 5) is 14.6. The van der Waals surface area contributed by atoms with E-state index in [1.807, 2.05) is 26.0 Å². The number of hydrazone groups is 1. The fourth-order valence-corrected chi connectivity index (χ4v) is 8.90. The zero-order valence-corrected chi connectivity index (χ0v) is 30.7. The third kappa shape index (κ3) is 7.01. The lowest BCUT2D eigenvalue weighted by atomic mass is 9.72. The SMILES string of the molecule is COC[C@@H]1CCCN1/N=C1\CC(C)(C)OC(C)(C)[C@H]1[C@H](O)c1c(I)ccc2c1[C@@H](OCOCC[Si](C)(C)C)[C@@H]1COC(=O)N21. The maximum atomic E-state index is 12.9. The zero-order chi connectivity index (χ0) is 32.0. The number of hydrogen-bond donors (Lipinski definition) is 1. The molecule has 5 rings (SSSR count). The number of nitrogens with zero attached hydrogens (tertiary/aromatic N) is 3. The number of carbonyl (C=O) groups excluding carboxylic acids is 1. The van der Waals surface area contributed by atoms with E-state index in [0.29, 0.717) is 25.3 Å². The number of carbonyl (C=O) groups is 1. The average Bonchev–Trinajstić information content (AvgIpc) is 3.58. The van der Waals surface area contributed by atoms with Crippen LogP contribution in [0.4, 0.5) is 10.5 Å². The van der Waals surface area contributed by atoms with Crippen LogP contribution in [0.15, 0.2) is 17.2 Å². The molecule has 1 aromatic carbocycles. The molecule has 1 amide bonds. The zero-order valence-electron chi connectivity index (χ0n) is 27.5. The summed E-state index contributed by atoms with van der Waals surface area (Å²) in [5.41, 5.74) is 2.02. The van der Waals surface area contributed by atoms with Gasteiger partial charge in [-0.15, -0.1) is 0 Å². The molecule has 1 aromatic rings. The second kappa shape index (κ2) is 13.1. The maximum Gasteiger partial charge on any atom is 0.414 e. The van der Waals surface area contributed by atoms with Gasteiger partial charge in [0.05, 0.1) is 41.6 Å². The minimum absolute atomic E-state index is 0.100. The predicted molar refractivity (Wildman–Crippen MR) is 181 cm³/mol. The highest BCUT2D eigenvalue weighted by Crippen LogP contribution is 2.52. The highest BCUT2D eigenvalue weighted by atomic mass is 127. The lowest BCUT2D eigenvalue weighted by molar-refractivity contribution is -0.167. The van der Waals surface area contributed by atoms with Crippen molar-refractivity contribution in [3.8, 4) is 0 Å². The van der Waals surface area contributed by atoms with Crippen molar-refractivity contribution in [1.29, 1.82) is 0 Å². The molecule has 5 atom stereocenters. The summed E-state index contributed by atoms with van der Waals surface area (Å²) in [6.07, 6.45) is 0.811. The third-order valence-corrected chi connectivity index (χ3v) is 11.8. The van der Waals surface area contributed by atoms with E-state index in [2.05, 4.69) is 61.1 Å². The van der Waals surface area contributed by atoms with E-state index in [-0.39, 0.29) is 25.5 Å². The second-order valence-corrected chi connectivity index (χ2v) is 21.7. The van der Waals surface area contributed by atoms with Gasteiger partial charge in [-0.2, -0.15) is 5.10 Å².